The number of hydrogen-bond acceptors (Lipinski definition) is 3. The zero-order valence-electron chi connectivity index (χ0n) is 13.9. The molecular formula is C19H17ClN6. The highest BCUT2D eigenvalue weighted by Crippen LogP contribution is 2.33. The van der Waals surface area contributed by atoms with E-state index in [1.807, 2.05) is 48.5 Å². The molecule has 0 unspecified atom stereocenters. The van der Waals surface area contributed by atoms with Gasteiger partial charge >= 0.3 is 0 Å². The molecule has 0 aliphatic rings. The quantitative estimate of drug-likeness (QED) is 0.411. The summed E-state index contributed by atoms with van der Waals surface area (Å²) in [4.78, 5) is 0. The maximum Gasteiger partial charge on any atom is 0.211 e. The second-order valence-corrected chi connectivity index (χ2v) is 6.05. The summed E-state index contributed by atoms with van der Waals surface area (Å²) in [5.41, 5.74) is 14.5. The fourth-order valence-electron chi connectivity index (χ4n) is 2.93. The molecule has 3 aromatic rings. The molecule has 0 bridgehead atoms. The van der Waals surface area contributed by atoms with Crippen LogP contribution in [-0.2, 0) is 6.54 Å². The molecular weight excluding hydrogens is 348 g/mol. The summed E-state index contributed by atoms with van der Waals surface area (Å²) in [5, 5.41) is 18.4. The molecule has 0 fully saturated rings. The van der Waals surface area contributed by atoms with Crippen molar-refractivity contribution in [2.75, 3.05) is 0 Å². The topological polar surface area (TPSA) is 105 Å². The van der Waals surface area contributed by atoms with Crippen LogP contribution in [0.3, 0.4) is 0 Å². The molecule has 130 valence electrons. The van der Waals surface area contributed by atoms with Gasteiger partial charge in [0.2, 0.25) is 5.96 Å². The van der Waals surface area contributed by atoms with Gasteiger partial charge in [-0.25, -0.2) is 0 Å². The van der Waals surface area contributed by atoms with Gasteiger partial charge in [-0.2, -0.15) is 10.4 Å². The number of nitrogens with two attached hydrogens (primary N) is 2. The number of benzene rings is 2. The van der Waals surface area contributed by atoms with Crippen molar-refractivity contribution in [3.05, 3.63) is 59.1 Å². The fourth-order valence-corrected chi connectivity index (χ4v) is 3.05. The van der Waals surface area contributed by atoms with Crippen molar-refractivity contribution in [1.82, 2.24) is 4.57 Å². The van der Waals surface area contributed by atoms with Crippen LogP contribution in [0.25, 0.3) is 22.2 Å². The second kappa shape index (κ2) is 7.72. The minimum absolute atomic E-state index is 0.109. The van der Waals surface area contributed by atoms with Crippen LogP contribution in [0.1, 0.15) is 12.0 Å². The molecule has 1 heterocycles. The van der Waals surface area contributed by atoms with Gasteiger partial charge in [-0.05, 0) is 23.8 Å². The Bertz CT molecular complexity index is 1020. The molecule has 26 heavy (non-hydrogen) atoms. The average molecular weight is 365 g/mol. The number of rotatable bonds is 5. The Kier molecular flexibility index (Phi) is 5.20. The van der Waals surface area contributed by atoms with Gasteiger partial charge in [0.1, 0.15) is 0 Å². The highest BCUT2D eigenvalue weighted by Gasteiger charge is 2.17. The number of aryl methyl sites for hydroxylation is 1. The van der Waals surface area contributed by atoms with Crippen molar-refractivity contribution in [2.45, 2.75) is 13.0 Å². The van der Waals surface area contributed by atoms with Crippen molar-refractivity contribution in [3.63, 3.8) is 0 Å². The molecule has 2 aromatic carbocycles. The largest absolute Gasteiger partial charge is 0.369 e. The summed E-state index contributed by atoms with van der Waals surface area (Å²) in [6.07, 6.45) is 2.03. The number of aromatic nitrogens is 1. The average Bonchev–Trinajstić information content (AvgIpc) is 2.94. The lowest BCUT2D eigenvalue weighted by atomic mass is 10.1. The van der Waals surface area contributed by atoms with Crippen LogP contribution in [0.15, 0.2) is 58.7 Å². The number of para-hydroxylation sites is 1. The Morgan fingerprint density at radius 2 is 1.88 bits per heavy atom. The maximum atomic E-state index is 9.05. The highest BCUT2D eigenvalue weighted by atomic mass is 35.5. The second-order valence-electron chi connectivity index (χ2n) is 5.62. The summed E-state index contributed by atoms with van der Waals surface area (Å²) in [6, 6.07) is 17.7. The summed E-state index contributed by atoms with van der Waals surface area (Å²) in [6.45, 7) is 0.561. The van der Waals surface area contributed by atoms with Crippen LogP contribution in [-0.4, -0.2) is 16.7 Å². The third kappa shape index (κ3) is 3.53. The molecule has 3 rings (SSSR count). The van der Waals surface area contributed by atoms with Gasteiger partial charge < -0.3 is 16.0 Å². The zero-order chi connectivity index (χ0) is 18.5. The Morgan fingerprint density at radius 3 is 2.58 bits per heavy atom. The standard InChI is InChI=1S/C19H17ClN6/c20-14-8-6-13(7-9-14)18-16(12-24-25-19(22)23)15-4-1-2-5-17(15)26(18)11-3-10-21/h1-2,4-9,12H,3,11H2,(H4,22,23,25). The molecule has 0 spiro atoms. The van der Waals surface area contributed by atoms with E-state index in [4.69, 9.17) is 28.3 Å². The number of fused-ring (bicyclic) bond motifs is 1. The molecule has 0 saturated heterocycles. The lowest BCUT2D eigenvalue weighted by molar-refractivity contribution is 0.751. The predicted molar refractivity (Wildman–Crippen MR) is 106 cm³/mol. The van der Waals surface area contributed by atoms with Crippen LogP contribution in [0.5, 0.6) is 0 Å². The van der Waals surface area contributed by atoms with Crippen LogP contribution in [0, 0.1) is 11.3 Å². The lowest BCUT2D eigenvalue weighted by Crippen LogP contribution is -2.21. The van der Waals surface area contributed by atoms with Crippen molar-refractivity contribution in [1.29, 1.82) is 5.26 Å². The van der Waals surface area contributed by atoms with E-state index in [1.54, 1.807) is 6.21 Å². The Morgan fingerprint density at radius 1 is 1.15 bits per heavy atom. The first kappa shape index (κ1) is 17.5. The van der Waals surface area contributed by atoms with Crippen molar-refractivity contribution < 1.29 is 0 Å². The van der Waals surface area contributed by atoms with E-state index < -0.39 is 0 Å². The van der Waals surface area contributed by atoms with Gasteiger partial charge in [-0.1, -0.05) is 41.9 Å². The SMILES string of the molecule is N#CCCn1c(-c2ccc(Cl)cc2)c(C=NN=C(N)N)c2ccccc21. The van der Waals surface area contributed by atoms with E-state index in [2.05, 4.69) is 20.8 Å². The van der Waals surface area contributed by atoms with Gasteiger partial charge in [-0.3, -0.25) is 0 Å². The van der Waals surface area contributed by atoms with Crippen LogP contribution in [0.4, 0.5) is 0 Å². The van der Waals surface area contributed by atoms with Gasteiger partial charge in [0, 0.05) is 28.0 Å². The molecule has 7 heteroatoms. The molecule has 0 aliphatic carbocycles. The van der Waals surface area contributed by atoms with Crippen LogP contribution in [0.2, 0.25) is 5.02 Å². The minimum Gasteiger partial charge on any atom is -0.369 e. The Hall–Kier alpha value is -3.30. The van der Waals surface area contributed by atoms with E-state index in [0.717, 1.165) is 27.7 Å². The first-order valence-corrected chi connectivity index (χ1v) is 8.35. The first-order chi connectivity index (χ1) is 12.6. The summed E-state index contributed by atoms with van der Waals surface area (Å²) in [5.74, 6) is -0.109. The number of hydrogen-bond donors (Lipinski definition) is 2. The van der Waals surface area contributed by atoms with Crippen LogP contribution < -0.4 is 11.5 Å². The van der Waals surface area contributed by atoms with E-state index in [0.29, 0.717) is 18.0 Å². The van der Waals surface area contributed by atoms with E-state index in [9.17, 15) is 0 Å². The van der Waals surface area contributed by atoms with Crippen molar-refractivity contribution in [2.24, 2.45) is 21.7 Å². The van der Waals surface area contributed by atoms with E-state index in [-0.39, 0.29) is 5.96 Å². The van der Waals surface area contributed by atoms with Crippen molar-refractivity contribution in [3.8, 4) is 17.3 Å². The molecule has 0 radical (unpaired) electrons. The summed E-state index contributed by atoms with van der Waals surface area (Å²) < 4.78 is 2.11. The number of nitrogens with zero attached hydrogens (tertiary/aromatic N) is 4. The van der Waals surface area contributed by atoms with Crippen molar-refractivity contribution >= 4 is 34.7 Å². The monoisotopic (exact) mass is 364 g/mol. The number of nitriles is 1. The number of guanidine groups is 1. The van der Waals surface area contributed by atoms with E-state index in [1.165, 1.54) is 0 Å². The normalized spacial score (nSPS) is 10.9. The summed E-state index contributed by atoms with van der Waals surface area (Å²) in [7, 11) is 0. The first-order valence-electron chi connectivity index (χ1n) is 7.98. The number of halogens is 1. The van der Waals surface area contributed by atoms with E-state index >= 15 is 0 Å². The fraction of sp³-hybridized carbons (Fsp3) is 0.105. The smallest absolute Gasteiger partial charge is 0.211 e. The highest BCUT2D eigenvalue weighted by molar-refractivity contribution is 6.30. The van der Waals surface area contributed by atoms with Gasteiger partial charge in [0.25, 0.3) is 0 Å². The van der Waals surface area contributed by atoms with Gasteiger partial charge in [0.05, 0.1) is 24.4 Å². The molecule has 0 saturated carbocycles. The molecule has 4 N–H and O–H groups in total. The van der Waals surface area contributed by atoms with Gasteiger partial charge in [0.15, 0.2) is 0 Å². The predicted octanol–water partition coefficient (Wildman–Crippen LogP) is 3.48. The molecule has 0 amide bonds. The molecule has 0 aliphatic heterocycles. The van der Waals surface area contributed by atoms with Gasteiger partial charge in [-0.15, -0.1) is 5.10 Å². The minimum atomic E-state index is -0.109. The third-order valence-corrected chi connectivity index (χ3v) is 4.19. The lowest BCUT2D eigenvalue weighted by Gasteiger charge is -2.10. The Labute approximate surface area is 156 Å². The third-order valence-electron chi connectivity index (χ3n) is 3.93. The van der Waals surface area contributed by atoms with Crippen LogP contribution >= 0.6 is 11.6 Å². The summed E-state index contributed by atoms with van der Waals surface area (Å²) >= 11 is 6.04. The molecule has 6 nitrogen and oxygen atoms in total. The Balaban J connectivity index is 2.29. The molecule has 1 aromatic heterocycles. The molecule has 0 atom stereocenters. The zero-order valence-corrected chi connectivity index (χ0v) is 14.7. The maximum absolute atomic E-state index is 9.05.